The molecule has 0 saturated heterocycles. The van der Waals surface area contributed by atoms with Crippen LogP contribution in [0, 0.1) is 17.6 Å². The van der Waals surface area contributed by atoms with Crippen molar-refractivity contribution in [2.24, 2.45) is 5.92 Å². The third-order valence-electron chi connectivity index (χ3n) is 4.49. The average molecular weight is 347 g/mol. The molecule has 1 N–H and O–H groups in total. The van der Waals surface area contributed by atoms with Crippen LogP contribution < -0.4 is 0 Å². The molecular formula is C16H21BrF2O. The highest BCUT2D eigenvalue weighted by Gasteiger charge is 2.32. The van der Waals surface area contributed by atoms with Gasteiger partial charge in [0.15, 0.2) is 0 Å². The molecule has 1 aliphatic carbocycles. The van der Waals surface area contributed by atoms with Crippen molar-refractivity contribution in [3.8, 4) is 0 Å². The molecule has 4 heteroatoms. The maximum Gasteiger partial charge on any atom is 0.143 e. The lowest BCUT2D eigenvalue weighted by atomic mass is 9.86. The van der Waals surface area contributed by atoms with E-state index in [1.54, 1.807) is 0 Å². The summed E-state index contributed by atoms with van der Waals surface area (Å²) in [6.07, 6.45) is 5.36. The summed E-state index contributed by atoms with van der Waals surface area (Å²) >= 11 is 3.08. The molecule has 0 heterocycles. The van der Waals surface area contributed by atoms with E-state index in [9.17, 15) is 13.9 Å². The zero-order valence-electron chi connectivity index (χ0n) is 11.8. The van der Waals surface area contributed by atoms with E-state index in [1.165, 1.54) is 12.1 Å². The van der Waals surface area contributed by atoms with Gasteiger partial charge in [-0.2, -0.15) is 0 Å². The van der Waals surface area contributed by atoms with Gasteiger partial charge < -0.3 is 5.11 Å². The molecule has 1 nitrogen and oxygen atoms in total. The van der Waals surface area contributed by atoms with E-state index in [1.807, 2.05) is 0 Å². The lowest BCUT2D eigenvalue weighted by Crippen LogP contribution is -2.31. The molecule has 1 aliphatic rings. The number of benzene rings is 1. The van der Waals surface area contributed by atoms with Crippen molar-refractivity contribution in [1.82, 2.24) is 0 Å². The highest BCUT2D eigenvalue weighted by Crippen LogP contribution is 2.35. The molecular weight excluding hydrogens is 326 g/mol. The first-order chi connectivity index (χ1) is 9.45. The molecule has 1 fully saturated rings. The van der Waals surface area contributed by atoms with Gasteiger partial charge in [0.05, 0.1) is 10.1 Å². The summed E-state index contributed by atoms with van der Waals surface area (Å²) < 4.78 is 28.1. The summed E-state index contributed by atoms with van der Waals surface area (Å²) in [5, 5.41) is 10.7. The van der Waals surface area contributed by atoms with E-state index in [2.05, 4.69) is 22.9 Å². The molecule has 0 aliphatic heterocycles. The molecule has 112 valence electrons. The van der Waals surface area contributed by atoms with Crippen LogP contribution in [0.15, 0.2) is 16.6 Å². The zero-order chi connectivity index (χ0) is 14.8. The summed E-state index contributed by atoms with van der Waals surface area (Å²) in [7, 11) is 0. The standard InChI is InChI=1S/C16H21BrF2O/c1-2-11-4-3-8-16(20,9-7-11)10-12-14(18)6-5-13(17)15(12)19/h5-6,11,20H,2-4,7-10H2,1H3. The van der Waals surface area contributed by atoms with Crippen LogP contribution in [0.3, 0.4) is 0 Å². The van der Waals surface area contributed by atoms with Crippen molar-refractivity contribution in [3.05, 3.63) is 33.8 Å². The quantitative estimate of drug-likeness (QED) is 0.603. The third kappa shape index (κ3) is 3.59. The van der Waals surface area contributed by atoms with Crippen molar-refractivity contribution in [2.75, 3.05) is 0 Å². The normalized spacial score (nSPS) is 27.4. The Hall–Kier alpha value is -0.480. The minimum atomic E-state index is -0.980. The molecule has 0 amide bonds. The van der Waals surface area contributed by atoms with Gasteiger partial charge in [-0.05, 0) is 53.2 Å². The SMILES string of the molecule is CCC1CCCC(O)(Cc2c(F)ccc(Br)c2F)CC1. The van der Waals surface area contributed by atoms with E-state index in [4.69, 9.17) is 0 Å². The Balaban J connectivity index is 2.18. The number of hydrogen-bond donors (Lipinski definition) is 1. The molecule has 20 heavy (non-hydrogen) atoms. The Bertz CT molecular complexity index is 478. The number of aliphatic hydroxyl groups is 1. The smallest absolute Gasteiger partial charge is 0.143 e. The third-order valence-corrected chi connectivity index (χ3v) is 5.11. The van der Waals surface area contributed by atoms with Crippen molar-refractivity contribution < 1.29 is 13.9 Å². The fraction of sp³-hybridized carbons (Fsp3) is 0.625. The van der Waals surface area contributed by atoms with E-state index >= 15 is 0 Å². The minimum absolute atomic E-state index is 0.00294. The molecule has 0 spiro atoms. The Morgan fingerprint density at radius 3 is 2.75 bits per heavy atom. The summed E-state index contributed by atoms with van der Waals surface area (Å²) in [5.74, 6) is -0.536. The van der Waals surface area contributed by atoms with Crippen molar-refractivity contribution in [2.45, 2.75) is 57.5 Å². The lowest BCUT2D eigenvalue weighted by molar-refractivity contribution is 0.0225. The Kier molecular flexibility index (Phi) is 5.19. The van der Waals surface area contributed by atoms with Gasteiger partial charge in [0, 0.05) is 12.0 Å². The molecule has 1 saturated carbocycles. The van der Waals surface area contributed by atoms with Gasteiger partial charge in [0.1, 0.15) is 11.6 Å². The van der Waals surface area contributed by atoms with E-state index in [0.29, 0.717) is 18.8 Å². The summed E-state index contributed by atoms with van der Waals surface area (Å²) in [5.41, 5.74) is -0.983. The molecule has 1 aromatic rings. The van der Waals surface area contributed by atoms with Crippen LogP contribution in [0.25, 0.3) is 0 Å². The van der Waals surface area contributed by atoms with E-state index < -0.39 is 17.2 Å². The number of rotatable bonds is 3. The van der Waals surface area contributed by atoms with Crippen LogP contribution in [-0.4, -0.2) is 10.7 Å². The second-order valence-electron chi connectivity index (χ2n) is 5.93. The fourth-order valence-corrected chi connectivity index (χ4v) is 3.48. The molecule has 0 aromatic heterocycles. The molecule has 2 atom stereocenters. The van der Waals surface area contributed by atoms with Crippen molar-refractivity contribution in [3.63, 3.8) is 0 Å². The highest BCUT2D eigenvalue weighted by atomic mass is 79.9. The van der Waals surface area contributed by atoms with Gasteiger partial charge in [-0.25, -0.2) is 8.78 Å². The fourth-order valence-electron chi connectivity index (χ4n) is 3.11. The maximum atomic E-state index is 14.0. The van der Waals surface area contributed by atoms with Crippen LogP contribution in [-0.2, 0) is 6.42 Å². The summed E-state index contributed by atoms with van der Waals surface area (Å²) in [6, 6.07) is 2.61. The first-order valence-corrected chi connectivity index (χ1v) is 8.09. The second-order valence-corrected chi connectivity index (χ2v) is 6.78. The van der Waals surface area contributed by atoms with Gasteiger partial charge >= 0.3 is 0 Å². The Morgan fingerprint density at radius 2 is 2.05 bits per heavy atom. The van der Waals surface area contributed by atoms with Gasteiger partial charge in [-0.3, -0.25) is 0 Å². The largest absolute Gasteiger partial charge is 0.390 e. The van der Waals surface area contributed by atoms with Crippen LogP contribution in [0.1, 0.15) is 51.0 Å². The highest BCUT2D eigenvalue weighted by molar-refractivity contribution is 9.10. The predicted molar refractivity (Wildman–Crippen MR) is 79.6 cm³/mol. The van der Waals surface area contributed by atoms with Crippen LogP contribution >= 0.6 is 15.9 Å². The Labute approximate surface area is 127 Å². The van der Waals surface area contributed by atoms with E-state index in [0.717, 1.165) is 25.7 Å². The first-order valence-electron chi connectivity index (χ1n) is 7.30. The molecule has 1 aromatic carbocycles. The van der Waals surface area contributed by atoms with Crippen molar-refractivity contribution in [1.29, 1.82) is 0 Å². The number of hydrogen-bond acceptors (Lipinski definition) is 1. The van der Waals surface area contributed by atoms with Crippen LogP contribution in [0.2, 0.25) is 0 Å². The van der Waals surface area contributed by atoms with E-state index in [-0.39, 0.29) is 16.5 Å². The predicted octanol–water partition coefficient (Wildman–Crippen LogP) is 4.99. The first kappa shape index (κ1) is 15.9. The van der Waals surface area contributed by atoms with Crippen LogP contribution in [0.4, 0.5) is 8.78 Å². The van der Waals surface area contributed by atoms with Crippen molar-refractivity contribution >= 4 is 15.9 Å². The average Bonchev–Trinajstić information content (AvgIpc) is 2.61. The zero-order valence-corrected chi connectivity index (χ0v) is 13.3. The van der Waals surface area contributed by atoms with Gasteiger partial charge in [-0.1, -0.05) is 26.2 Å². The van der Waals surface area contributed by atoms with Crippen LogP contribution in [0.5, 0.6) is 0 Å². The molecule has 2 rings (SSSR count). The van der Waals surface area contributed by atoms with Gasteiger partial charge in [0.25, 0.3) is 0 Å². The maximum absolute atomic E-state index is 14.0. The Morgan fingerprint density at radius 1 is 1.30 bits per heavy atom. The summed E-state index contributed by atoms with van der Waals surface area (Å²) in [6.45, 7) is 2.16. The lowest BCUT2D eigenvalue weighted by Gasteiger charge is -2.27. The molecule has 0 bridgehead atoms. The van der Waals surface area contributed by atoms with Gasteiger partial charge in [0.2, 0.25) is 0 Å². The summed E-state index contributed by atoms with van der Waals surface area (Å²) in [4.78, 5) is 0. The van der Waals surface area contributed by atoms with Gasteiger partial charge in [-0.15, -0.1) is 0 Å². The molecule has 0 radical (unpaired) electrons. The second kappa shape index (κ2) is 6.52. The monoisotopic (exact) mass is 346 g/mol. The number of halogens is 3. The topological polar surface area (TPSA) is 20.2 Å². The minimum Gasteiger partial charge on any atom is -0.390 e. The molecule has 2 unspecified atom stereocenters.